The molecule has 5 heteroatoms. The van der Waals surface area contributed by atoms with E-state index in [9.17, 15) is 13.2 Å². The van der Waals surface area contributed by atoms with E-state index in [-0.39, 0.29) is 23.3 Å². The molecule has 3 rings (SSSR count). The van der Waals surface area contributed by atoms with Crippen molar-refractivity contribution in [3.8, 4) is 16.9 Å². The zero-order valence-corrected chi connectivity index (χ0v) is 18.6. The first kappa shape index (κ1) is 23.6. The van der Waals surface area contributed by atoms with Crippen LogP contribution in [0.5, 0.6) is 5.75 Å². The van der Waals surface area contributed by atoms with Gasteiger partial charge < -0.3 is 9.47 Å². The maximum Gasteiger partial charge on any atom is 0.201 e. The lowest BCUT2D eigenvalue weighted by molar-refractivity contribution is -0.00249. The molecule has 2 aromatic rings. The number of ether oxygens (including phenoxy) is 2. The van der Waals surface area contributed by atoms with Gasteiger partial charge in [-0.05, 0) is 55.0 Å². The molecule has 1 heterocycles. The molecule has 1 aliphatic heterocycles. The molecule has 2 nitrogen and oxygen atoms in total. The Hall–Kier alpha value is -2.01. The lowest BCUT2D eigenvalue weighted by Crippen LogP contribution is -2.25. The van der Waals surface area contributed by atoms with E-state index in [1.165, 1.54) is 18.2 Å². The third kappa shape index (κ3) is 6.03. The largest absolute Gasteiger partial charge is 0.490 e. The molecule has 1 aliphatic rings. The van der Waals surface area contributed by atoms with Crippen LogP contribution < -0.4 is 4.74 Å². The van der Waals surface area contributed by atoms with E-state index >= 15 is 0 Å². The lowest BCUT2D eigenvalue weighted by Gasteiger charge is -2.29. The molecule has 0 spiro atoms. The first-order chi connectivity index (χ1) is 15.0. The number of halogens is 3. The van der Waals surface area contributed by atoms with E-state index in [0.29, 0.717) is 24.3 Å². The van der Waals surface area contributed by atoms with Gasteiger partial charge in [-0.25, -0.2) is 8.78 Å². The van der Waals surface area contributed by atoms with Gasteiger partial charge in [0.25, 0.3) is 0 Å². The summed E-state index contributed by atoms with van der Waals surface area (Å²) < 4.78 is 55.3. The highest BCUT2D eigenvalue weighted by molar-refractivity contribution is 5.66. The second kappa shape index (κ2) is 11.6. The minimum Gasteiger partial charge on any atom is -0.490 e. The number of hydrogen-bond acceptors (Lipinski definition) is 2. The Balaban J connectivity index is 1.69. The van der Waals surface area contributed by atoms with Crippen molar-refractivity contribution in [1.82, 2.24) is 0 Å². The Morgan fingerprint density at radius 1 is 0.935 bits per heavy atom. The van der Waals surface area contributed by atoms with Crippen molar-refractivity contribution in [3.63, 3.8) is 0 Å². The Morgan fingerprint density at radius 2 is 1.74 bits per heavy atom. The second-order valence-electron chi connectivity index (χ2n) is 8.40. The average molecular weight is 435 g/mol. The quantitative estimate of drug-likeness (QED) is 0.355. The van der Waals surface area contributed by atoms with Gasteiger partial charge in [-0.15, -0.1) is 0 Å². The molecule has 0 aliphatic carbocycles. The molecule has 0 bridgehead atoms. The van der Waals surface area contributed by atoms with Crippen molar-refractivity contribution >= 4 is 0 Å². The van der Waals surface area contributed by atoms with Gasteiger partial charge in [0.2, 0.25) is 5.82 Å². The summed E-state index contributed by atoms with van der Waals surface area (Å²) >= 11 is 0. The molecule has 1 fully saturated rings. The molecule has 2 atom stereocenters. The molecule has 2 unspecified atom stereocenters. The van der Waals surface area contributed by atoms with E-state index in [1.807, 2.05) is 0 Å². The van der Waals surface area contributed by atoms with E-state index in [0.717, 1.165) is 51.4 Å². The number of rotatable bonds is 10. The fourth-order valence-corrected chi connectivity index (χ4v) is 4.14. The van der Waals surface area contributed by atoms with Gasteiger partial charge in [-0.3, -0.25) is 0 Å². The molecule has 0 N–H and O–H groups in total. The van der Waals surface area contributed by atoms with Gasteiger partial charge in [0.05, 0.1) is 19.3 Å². The minimum absolute atomic E-state index is 0.00703. The highest BCUT2D eigenvalue weighted by Crippen LogP contribution is 2.35. The van der Waals surface area contributed by atoms with Crippen molar-refractivity contribution in [2.75, 3.05) is 13.2 Å². The van der Waals surface area contributed by atoms with Crippen molar-refractivity contribution < 1.29 is 22.6 Å². The van der Waals surface area contributed by atoms with E-state index in [2.05, 4.69) is 13.8 Å². The summed E-state index contributed by atoms with van der Waals surface area (Å²) in [6.07, 6.45) is 8.17. The molecule has 0 radical (unpaired) electrons. The third-order valence-corrected chi connectivity index (χ3v) is 6.05. The normalized spacial score (nSPS) is 18.9. The summed E-state index contributed by atoms with van der Waals surface area (Å²) in [5, 5.41) is 0. The predicted molar refractivity (Wildman–Crippen MR) is 118 cm³/mol. The first-order valence-electron chi connectivity index (χ1n) is 11.6. The van der Waals surface area contributed by atoms with Crippen LogP contribution in [0.15, 0.2) is 30.3 Å². The molecule has 31 heavy (non-hydrogen) atoms. The van der Waals surface area contributed by atoms with Crippen molar-refractivity contribution in [2.45, 2.75) is 77.2 Å². The second-order valence-corrected chi connectivity index (χ2v) is 8.40. The number of benzene rings is 2. The summed E-state index contributed by atoms with van der Waals surface area (Å²) in [6, 6.07) is 7.48. The Bertz CT molecular complexity index is 845. The van der Waals surface area contributed by atoms with Gasteiger partial charge in [0, 0.05) is 11.5 Å². The maximum absolute atomic E-state index is 14.9. The van der Waals surface area contributed by atoms with Gasteiger partial charge in [0.1, 0.15) is 5.82 Å². The van der Waals surface area contributed by atoms with E-state index in [1.54, 1.807) is 12.1 Å². The van der Waals surface area contributed by atoms with Crippen LogP contribution in [0.4, 0.5) is 13.2 Å². The van der Waals surface area contributed by atoms with E-state index in [4.69, 9.17) is 9.47 Å². The summed E-state index contributed by atoms with van der Waals surface area (Å²) in [5.41, 5.74) is 0.922. The third-order valence-electron chi connectivity index (χ3n) is 6.05. The monoisotopic (exact) mass is 434 g/mol. The average Bonchev–Trinajstić information content (AvgIpc) is 2.78. The smallest absolute Gasteiger partial charge is 0.201 e. The highest BCUT2D eigenvalue weighted by Gasteiger charge is 2.25. The summed E-state index contributed by atoms with van der Waals surface area (Å²) in [6.45, 7) is 5.06. The van der Waals surface area contributed by atoms with Crippen LogP contribution >= 0.6 is 0 Å². The number of hydrogen-bond donors (Lipinski definition) is 0. The van der Waals surface area contributed by atoms with Crippen LogP contribution in [-0.2, 0) is 4.74 Å². The van der Waals surface area contributed by atoms with Crippen LogP contribution in [0.2, 0.25) is 0 Å². The van der Waals surface area contributed by atoms with Crippen LogP contribution in [0, 0.1) is 17.5 Å². The number of unbranched alkanes of at least 4 members (excludes halogenated alkanes) is 3. The van der Waals surface area contributed by atoms with Gasteiger partial charge in [0.15, 0.2) is 11.6 Å². The molecule has 0 aromatic heterocycles. The van der Waals surface area contributed by atoms with Gasteiger partial charge in [-0.1, -0.05) is 51.7 Å². The molecule has 1 saturated heterocycles. The highest BCUT2D eigenvalue weighted by atomic mass is 19.2. The molecule has 170 valence electrons. The van der Waals surface area contributed by atoms with Crippen LogP contribution in [0.3, 0.4) is 0 Å². The van der Waals surface area contributed by atoms with Crippen molar-refractivity contribution in [1.29, 1.82) is 0 Å². The predicted octanol–water partition coefficient (Wildman–Crippen LogP) is 7.79. The molecule has 2 aromatic carbocycles. The van der Waals surface area contributed by atoms with Gasteiger partial charge >= 0.3 is 0 Å². The fourth-order valence-electron chi connectivity index (χ4n) is 4.14. The summed E-state index contributed by atoms with van der Waals surface area (Å²) in [5.74, 6) is -2.56. The van der Waals surface area contributed by atoms with Crippen LogP contribution in [0.25, 0.3) is 11.1 Å². The zero-order chi connectivity index (χ0) is 22.2. The summed E-state index contributed by atoms with van der Waals surface area (Å²) in [7, 11) is 0. The Morgan fingerprint density at radius 3 is 2.42 bits per heavy atom. The van der Waals surface area contributed by atoms with Crippen molar-refractivity contribution in [3.05, 3.63) is 53.3 Å². The summed E-state index contributed by atoms with van der Waals surface area (Å²) in [4.78, 5) is 0. The Kier molecular flexibility index (Phi) is 8.82. The van der Waals surface area contributed by atoms with Crippen LogP contribution in [0.1, 0.15) is 76.7 Å². The first-order valence-corrected chi connectivity index (χ1v) is 11.6. The molecule has 0 saturated carbocycles. The fraction of sp³-hybridized carbons (Fsp3) is 0.538. The van der Waals surface area contributed by atoms with Gasteiger partial charge in [-0.2, -0.15) is 4.39 Å². The minimum atomic E-state index is -1.03. The standard InChI is InChI=1S/C26H33F3O2/c1-3-5-7-15-30-24-14-13-22(25(28)26(24)29)18-10-12-21(23(27)16-18)19-9-11-20(31-17-19)8-6-4-2/h10,12-14,16,19-20H,3-9,11,15,17H2,1-2H3. The molecular weight excluding hydrogens is 401 g/mol. The maximum atomic E-state index is 14.9. The molecule has 0 amide bonds. The van der Waals surface area contributed by atoms with Crippen molar-refractivity contribution in [2.24, 2.45) is 0 Å². The van der Waals surface area contributed by atoms with Crippen LogP contribution in [-0.4, -0.2) is 19.3 Å². The van der Waals surface area contributed by atoms with E-state index < -0.39 is 17.5 Å². The SMILES string of the molecule is CCCCCOc1ccc(-c2ccc(C3CCC(CCCC)OC3)c(F)c2)c(F)c1F. The molecular formula is C26H33F3O2. The lowest BCUT2D eigenvalue weighted by atomic mass is 9.88. The topological polar surface area (TPSA) is 18.5 Å². The Labute approximate surface area is 183 Å². The zero-order valence-electron chi connectivity index (χ0n) is 18.6.